The summed E-state index contributed by atoms with van der Waals surface area (Å²) in [5.74, 6) is -0.319. The summed E-state index contributed by atoms with van der Waals surface area (Å²) in [6.45, 7) is 6.37. The molecule has 156 valence electrons. The Hall–Kier alpha value is -2.43. The minimum Gasteiger partial charge on any atom is -0.447 e. The molecule has 0 saturated carbocycles. The summed E-state index contributed by atoms with van der Waals surface area (Å²) in [5, 5.41) is 4.34. The monoisotopic (exact) mass is 407 g/mol. The molecule has 3 aliphatic heterocycles. The molecule has 2 aromatic rings. The highest BCUT2D eigenvalue weighted by Crippen LogP contribution is 2.42. The number of carbonyl (C=O) groups excluding carboxylic acids is 1. The number of amides is 1. The van der Waals surface area contributed by atoms with Gasteiger partial charge in [0.2, 0.25) is 5.58 Å². The van der Waals surface area contributed by atoms with Gasteiger partial charge in [-0.1, -0.05) is 5.16 Å². The number of benzene rings is 1. The fraction of sp³-hybridized carbons (Fsp3) is 0.579. The summed E-state index contributed by atoms with van der Waals surface area (Å²) in [4.78, 5) is 15.3. The van der Waals surface area contributed by atoms with Crippen LogP contribution in [0.1, 0.15) is 25.7 Å². The molecule has 0 spiro atoms. The minimum atomic E-state index is -0.703. The van der Waals surface area contributed by atoms with Gasteiger partial charge in [-0.05, 0) is 19.9 Å². The number of morpholine rings is 1. The molecule has 5 rings (SSSR count). The molecule has 9 nitrogen and oxygen atoms in total. The summed E-state index contributed by atoms with van der Waals surface area (Å²) in [5.41, 5.74) is 0.896. The smallest absolute Gasteiger partial charge is 0.415 e. The Morgan fingerprint density at radius 3 is 2.52 bits per heavy atom. The van der Waals surface area contributed by atoms with Crippen molar-refractivity contribution in [3.63, 3.8) is 0 Å². The van der Waals surface area contributed by atoms with Gasteiger partial charge in [-0.25, -0.2) is 9.18 Å². The van der Waals surface area contributed by atoms with E-state index in [0.29, 0.717) is 49.5 Å². The molecule has 0 radical (unpaired) electrons. The van der Waals surface area contributed by atoms with Crippen LogP contribution in [0.25, 0.3) is 11.0 Å². The lowest BCUT2D eigenvalue weighted by Crippen LogP contribution is -2.46. The lowest BCUT2D eigenvalue weighted by Gasteiger charge is -2.38. The van der Waals surface area contributed by atoms with Crippen molar-refractivity contribution in [1.29, 1.82) is 0 Å². The molecular formula is C19H22FN3O6. The van der Waals surface area contributed by atoms with E-state index in [1.807, 2.05) is 18.7 Å². The lowest BCUT2D eigenvalue weighted by molar-refractivity contribution is -0.0445. The molecule has 3 fully saturated rings. The summed E-state index contributed by atoms with van der Waals surface area (Å²) in [6.07, 6.45) is -1.35. The van der Waals surface area contributed by atoms with Crippen molar-refractivity contribution in [3.8, 4) is 0 Å². The van der Waals surface area contributed by atoms with Gasteiger partial charge in [0.1, 0.15) is 6.61 Å². The molecule has 0 unspecified atom stereocenters. The Kier molecular flexibility index (Phi) is 4.56. The number of hydrogen-bond acceptors (Lipinski definition) is 8. The van der Waals surface area contributed by atoms with E-state index in [1.54, 1.807) is 6.07 Å². The molecule has 0 aliphatic carbocycles. The van der Waals surface area contributed by atoms with E-state index in [4.69, 9.17) is 23.5 Å². The van der Waals surface area contributed by atoms with E-state index in [2.05, 4.69) is 5.16 Å². The highest BCUT2D eigenvalue weighted by Gasteiger charge is 2.35. The molecule has 3 aliphatic rings. The van der Waals surface area contributed by atoms with E-state index in [9.17, 15) is 4.79 Å². The van der Waals surface area contributed by atoms with E-state index < -0.39 is 18.2 Å². The third-order valence-corrected chi connectivity index (χ3v) is 5.32. The first kappa shape index (κ1) is 18.6. The second-order valence-electron chi connectivity index (χ2n) is 7.51. The van der Waals surface area contributed by atoms with Gasteiger partial charge in [-0.2, -0.15) is 0 Å². The number of fused-ring (bicyclic) bond motifs is 1. The van der Waals surface area contributed by atoms with E-state index in [1.165, 1.54) is 4.90 Å². The maximum atomic E-state index is 15.8. The van der Waals surface area contributed by atoms with Crippen LogP contribution >= 0.6 is 0 Å². The SMILES string of the molecule is C[C@@H]1CN(c2c(C3OCCO3)cc3c(N4CCOC4=O)noc3c2F)C[C@H](C)O1. The third kappa shape index (κ3) is 3.11. The van der Waals surface area contributed by atoms with Crippen molar-refractivity contribution >= 4 is 28.6 Å². The number of cyclic esters (lactones) is 1. The Morgan fingerprint density at radius 1 is 1.14 bits per heavy atom. The summed E-state index contributed by atoms with van der Waals surface area (Å²) in [7, 11) is 0. The zero-order valence-corrected chi connectivity index (χ0v) is 16.2. The van der Waals surface area contributed by atoms with Gasteiger partial charge in [0.15, 0.2) is 17.9 Å². The van der Waals surface area contributed by atoms with Crippen molar-refractivity contribution in [2.75, 3.05) is 49.3 Å². The first-order valence-electron chi connectivity index (χ1n) is 9.72. The maximum Gasteiger partial charge on any atom is 0.415 e. The van der Waals surface area contributed by atoms with E-state index in [-0.39, 0.29) is 30.2 Å². The normalized spacial score (nSPS) is 26.0. The first-order chi connectivity index (χ1) is 14.0. The number of aromatic nitrogens is 1. The largest absolute Gasteiger partial charge is 0.447 e. The number of ether oxygens (including phenoxy) is 4. The zero-order valence-electron chi connectivity index (χ0n) is 16.2. The van der Waals surface area contributed by atoms with Crippen molar-refractivity contribution in [1.82, 2.24) is 5.16 Å². The fourth-order valence-corrected chi connectivity index (χ4v) is 4.22. The standard InChI is InChI=1S/C19H22FN3O6/c1-10-8-22(9-11(2)28-10)15-12(18-25-5-6-26-18)7-13-16(14(15)20)29-21-17(13)23-3-4-27-19(23)24/h7,10-11,18H,3-6,8-9H2,1-2H3/t10-,11+. The summed E-state index contributed by atoms with van der Waals surface area (Å²) < 4.78 is 43.2. The average Bonchev–Trinajstić information content (AvgIpc) is 3.40. The molecule has 0 N–H and O–H groups in total. The van der Waals surface area contributed by atoms with Gasteiger partial charge in [0.05, 0.1) is 43.0 Å². The number of nitrogens with zero attached hydrogens (tertiary/aromatic N) is 3. The van der Waals surface area contributed by atoms with Crippen LogP contribution in [0.3, 0.4) is 0 Å². The molecule has 10 heteroatoms. The highest BCUT2D eigenvalue weighted by molar-refractivity contribution is 6.00. The number of rotatable bonds is 3. The number of hydrogen-bond donors (Lipinski definition) is 0. The van der Waals surface area contributed by atoms with Crippen LogP contribution in [0.2, 0.25) is 0 Å². The van der Waals surface area contributed by atoms with Gasteiger partial charge >= 0.3 is 6.09 Å². The lowest BCUT2D eigenvalue weighted by atomic mass is 10.1. The summed E-state index contributed by atoms with van der Waals surface area (Å²) in [6, 6.07) is 1.74. The van der Waals surface area contributed by atoms with Crippen LogP contribution < -0.4 is 9.80 Å². The molecule has 29 heavy (non-hydrogen) atoms. The maximum absolute atomic E-state index is 15.8. The first-order valence-corrected chi connectivity index (χ1v) is 9.72. The third-order valence-electron chi connectivity index (χ3n) is 5.32. The average molecular weight is 407 g/mol. The Labute approximate surface area is 166 Å². The molecule has 0 bridgehead atoms. The minimum absolute atomic E-state index is 0.0109. The number of halogens is 1. The van der Waals surface area contributed by atoms with Gasteiger partial charge < -0.3 is 28.4 Å². The number of carbonyl (C=O) groups is 1. The second kappa shape index (κ2) is 7.12. The quantitative estimate of drug-likeness (QED) is 0.768. The molecule has 4 heterocycles. The molecular weight excluding hydrogens is 385 g/mol. The number of anilines is 2. The highest BCUT2D eigenvalue weighted by atomic mass is 19.1. The Morgan fingerprint density at radius 2 is 1.86 bits per heavy atom. The molecule has 2 atom stereocenters. The Bertz CT molecular complexity index is 934. The van der Waals surface area contributed by atoms with Crippen LogP contribution in [0.4, 0.5) is 20.7 Å². The van der Waals surface area contributed by atoms with Gasteiger partial charge in [-0.15, -0.1) is 0 Å². The van der Waals surface area contributed by atoms with Crippen LogP contribution in [0.5, 0.6) is 0 Å². The van der Waals surface area contributed by atoms with Crippen molar-refractivity contribution < 1.29 is 32.7 Å². The van der Waals surface area contributed by atoms with Crippen LogP contribution in [-0.4, -0.2) is 62.9 Å². The molecule has 1 aromatic carbocycles. The van der Waals surface area contributed by atoms with Crippen LogP contribution in [0, 0.1) is 5.82 Å². The van der Waals surface area contributed by atoms with Crippen molar-refractivity contribution in [2.45, 2.75) is 32.3 Å². The predicted octanol–water partition coefficient (Wildman–Crippen LogP) is 2.58. The van der Waals surface area contributed by atoms with Crippen molar-refractivity contribution in [3.05, 3.63) is 17.4 Å². The van der Waals surface area contributed by atoms with Gasteiger partial charge in [0.25, 0.3) is 0 Å². The predicted molar refractivity (Wildman–Crippen MR) is 99.5 cm³/mol. The van der Waals surface area contributed by atoms with Crippen molar-refractivity contribution in [2.24, 2.45) is 0 Å². The second-order valence-corrected chi connectivity index (χ2v) is 7.51. The molecule has 1 amide bonds. The van der Waals surface area contributed by atoms with E-state index >= 15 is 4.39 Å². The van der Waals surface area contributed by atoms with E-state index in [0.717, 1.165) is 0 Å². The van der Waals surface area contributed by atoms with Crippen LogP contribution in [0.15, 0.2) is 10.6 Å². The fourth-order valence-electron chi connectivity index (χ4n) is 4.22. The Balaban J connectivity index is 1.66. The van der Waals surface area contributed by atoms with Gasteiger partial charge in [0, 0.05) is 18.7 Å². The topological polar surface area (TPSA) is 86.5 Å². The molecule has 1 aromatic heterocycles. The molecule has 3 saturated heterocycles. The zero-order chi connectivity index (χ0) is 20.1. The van der Waals surface area contributed by atoms with Gasteiger partial charge in [-0.3, -0.25) is 4.90 Å². The summed E-state index contributed by atoms with van der Waals surface area (Å²) >= 11 is 0. The van der Waals surface area contributed by atoms with Crippen LogP contribution in [-0.2, 0) is 18.9 Å².